The minimum atomic E-state index is 0.655. The third kappa shape index (κ3) is 4.40. The first-order chi connectivity index (χ1) is 25.3. The molecule has 0 aliphatic heterocycles. The Labute approximate surface area is 300 Å². The predicted octanol–water partition coefficient (Wildman–Crippen LogP) is 12.7. The van der Waals surface area contributed by atoms with Gasteiger partial charge in [0.25, 0.3) is 0 Å². The van der Waals surface area contributed by atoms with Crippen LogP contribution in [0.25, 0.3) is 102 Å². The van der Waals surface area contributed by atoms with Crippen molar-refractivity contribution in [2.75, 3.05) is 0 Å². The van der Waals surface area contributed by atoms with Crippen LogP contribution in [0.15, 0.2) is 158 Å². The highest BCUT2D eigenvalue weighted by Gasteiger charge is 2.22. The molecule has 4 heterocycles. The number of fused-ring (bicyclic) bond motifs is 10. The number of nitrogens with zero attached hydrogens (tertiary/aromatic N) is 4. The first-order valence-electron chi connectivity index (χ1n) is 16.9. The largest absolute Gasteiger partial charge is 0.309 e. The molecular formula is C45H26N4S2. The molecule has 0 saturated heterocycles. The Morgan fingerprint density at radius 3 is 1.61 bits per heavy atom. The van der Waals surface area contributed by atoms with Crippen molar-refractivity contribution in [2.24, 2.45) is 0 Å². The Balaban J connectivity index is 1.29. The lowest BCUT2D eigenvalue weighted by Gasteiger charge is -2.13. The third-order valence-corrected chi connectivity index (χ3v) is 12.3. The second-order valence-corrected chi connectivity index (χ2v) is 14.9. The number of benzene rings is 7. The molecule has 0 aliphatic rings. The molecule has 51 heavy (non-hydrogen) atoms. The fourth-order valence-electron chi connectivity index (χ4n) is 7.56. The summed E-state index contributed by atoms with van der Waals surface area (Å²) in [5.74, 6) is 1.97. The van der Waals surface area contributed by atoms with E-state index in [1.807, 2.05) is 59.1 Å². The fraction of sp³-hybridized carbons (Fsp3) is 0. The van der Waals surface area contributed by atoms with Gasteiger partial charge >= 0.3 is 0 Å². The van der Waals surface area contributed by atoms with Gasteiger partial charge in [-0.1, -0.05) is 121 Å². The van der Waals surface area contributed by atoms with Crippen LogP contribution in [0.3, 0.4) is 0 Å². The minimum absolute atomic E-state index is 0.655. The molecule has 0 aliphatic carbocycles. The Morgan fingerprint density at radius 1 is 0.392 bits per heavy atom. The highest BCUT2D eigenvalue weighted by molar-refractivity contribution is 7.30. The molecule has 0 bridgehead atoms. The first-order valence-corrected chi connectivity index (χ1v) is 18.6. The Morgan fingerprint density at radius 2 is 0.941 bits per heavy atom. The monoisotopic (exact) mass is 686 g/mol. The van der Waals surface area contributed by atoms with Gasteiger partial charge in [0.2, 0.25) is 0 Å². The van der Waals surface area contributed by atoms with Crippen molar-refractivity contribution in [3.8, 4) is 39.9 Å². The molecule has 0 radical (unpaired) electrons. The highest BCUT2D eigenvalue weighted by atomic mass is 32.1. The van der Waals surface area contributed by atoms with E-state index in [0.29, 0.717) is 17.5 Å². The standard InChI is InChI=1S/C45H26N4S2/c1-3-13-27(14-4-1)43-46-44(28-15-5-2-6-16-28)48-45(47-43)35-26-29(49-36-20-10-7-17-30(36)31-18-8-11-21-37(31)49)25-34-40-39(51-41(34)35)24-23-33-32-19-9-12-22-38(32)50-42(33)40/h1-26H. The van der Waals surface area contributed by atoms with E-state index in [1.54, 1.807) is 0 Å². The number of rotatable bonds is 4. The van der Waals surface area contributed by atoms with Crippen LogP contribution < -0.4 is 0 Å². The van der Waals surface area contributed by atoms with Gasteiger partial charge in [0, 0.05) is 73.5 Å². The van der Waals surface area contributed by atoms with Gasteiger partial charge in [-0.15, -0.1) is 22.7 Å². The number of para-hydroxylation sites is 2. The zero-order chi connectivity index (χ0) is 33.5. The molecule has 11 rings (SSSR count). The highest BCUT2D eigenvalue weighted by Crippen LogP contribution is 2.48. The van der Waals surface area contributed by atoms with E-state index >= 15 is 0 Å². The average Bonchev–Trinajstić information content (AvgIpc) is 3.87. The van der Waals surface area contributed by atoms with E-state index in [2.05, 4.69) is 126 Å². The topological polar surface area (TPSA) is 43.6 Å². The maximum absolute atomic E-state index is 5.24. The lowest BCUT2D eigenvalue weighted by molar-refractivity contribution is 1.07. The molecule has 4 nitrogen and oxygen atoms in total. The number of hydrogen-bond donors (Lipinski definition) is 0. The summed E-state index contributed by atoms with van der Waals surface area (Å²) in [6.07, 6.45) is 0. The summed E-state index contributed by atoms with van der Waals surface area (Å²) >= 11 is 3.70. The zero-order valence-corrected chi connectivity index (χ0v) is 28.7. The van der Waals surface area contributed by atoms with Crippen LogP contribution in [0.1, 0.15) is 0 Å². The predicted molar refractivity (Wildman–Crippen MR) is 216 cm³/mol. The van der Waals surface area contributed by atoms with Crippen molar-refractivity contribution in [1.29, 1.82) is 0 Å². The summed E-state index contributed by atoms with van der Waals surface area (Å²) in [4.78, 5) is 15.5. The van der Waals surface area contributed by atoms with Crippen molar-refractivity contribution in [3.05, 3.63) is 158 Å². The van der Waals surface area contributed by atoms with Gasteiger partial charge in [-0.3, -0.25) is 0 Å². The summed E-state index contributed by atoms with van der Waals surface area (Å²) in [5, 5.41) is 7.56. The number of aromatic nitrogens is 4. The summed E-state index contributed by atoms with van der Waals surface area (Å²) in [5.41, 5.74) is 6.32. The van der Waals surface area contributed by atoms with Crippen LogP contribution in [0.5, 0.6) is 0 Å². The van der Waals surface area contributed by atoms with Crippen LogP contribution in [0.2, 0.25) is 0 Å². The smallest absolute Gasteiger partial charge is 0.165 e. The van der Waals surface area contributed by atoms with Gasteiger partial charge in [0.15, 0.2) is 17.5 Å². The van der Waals surface area contributed by atoms with Crippen molar-refractivity contribution in [1.82, 2.24) is 19.5 Å². The average molecular weight is 687 g/mol. The van der Waals surface area contributed by atoms with E-state index in [-0.39, 0.29) is 0 Å². The molecule has 7 aromatic carbocycles. The lowest BCUT2D eigenvalue weighted by Crippen LogP contribution is -2.01. The van der Waals surface area contributed by atoms with Crippen molar-refractivity contribution in [2.45, 2.75) is 0 Å². The Bertz CT molecular complexity index is 3030. The molecule has 0 spiro atoms. The summed E-state index contributed by atoms with van der Waals surface area (Å²) < 4.78 is 7.44. The zero-order valence-electron chi connectivity index (χ0n) is 27.1. The number of thiophene rings is 2. The van der Waals surface area contributed by atoms with E-state index in [0.717, 1.165) is 22.4 Å². The molecule has 0 amide bonds. The van der Waals surface area contributed by atoms with E-state index in [1.165, 1.54) is 62.2 Å². The van der Waals surface area contributed by atoms with Gasteiger partial charge in [0.05, 0.1) is 11.0 Å². The molecule has 6 heteroatoms. The second kappa shape index (κ2) is 11.2. The summed E-state index contributed by atoms with van der Waals surface area (Å²) in [6.45, 7) is 0. The molecular weight excluding hydrogens is 661 g/mol. The maximum atomic E-state index is 5.24. The van der Waals surface area contributed by atoms with Gasteiger partial charge in [-0.05, 0) is 36.4 Å². The molecule has 0 atom stereocenters. The van der Waals surface area contributed by atoms with Crippen molar-refractivity contribution in [3.63, 3.8) is 0 Å². The van der Waals surface area contributed by atoms with Gasteiger partial charge in [0.1, 0.15) is 0 Å². The van der Waals surface area contributed by atoms with Crippen molar-refractivity contribution >= 4 is 84.8 Å². The molecule has 11 aromatic rings. The normalized spacial score (nSPS) is 11.9. The molecule has 4 aromatic heterocycles. The Kier molecular flexibility index (Phi) is 6.26. The molecule has 0 unspecified atom stereocenters. The fourth-order valence-corrected chi connectivity index (χ4v) is 10.1. The first kappa shape index (κ1) is 28.6. The van der Waals surface area contributed by atoms with Gasteiger partial charge < -0.3 is 4.57 Å². The molecule has 0 fully saturated rings. The van der Waals surface area contributed by atoms with Crippen LogP contribution in [0.4, 0.5) is 0 Å². The maximum Gasteiger partial charge on any atom is 0.165 e. The van der Waals surface area contributed by atoms with Crippen LogP contribution in [-0.4, -0.2) is 19.5 Å². The summed E-state index contributed by atoms with van der Waals surface area (Å²) in [7, 11) is 0. The van der Waals surface area contributed by atoms with E-state index < -0.39 is 0 Å². The van der Waals surface area contributed by atoms with E-state index in [4.69, 9.17) is 15.0 Å². The minimum Gasteiger partial charge on any atom is -0.309 e. The molecule has 238 valence electrons. The number of hydrogen-bond acceptors (Lipinski definition) is 5. The van der Waals surface area contributed by atoms with E-state index in [9.17, 15) is 0 Å². The third-order valence-electron chi connectivity index (χ3n) is 9.84. The van der Waals surface area contributed by atoms with Crippen LogP contribution in [-0.2, 0) is 0 Å². The van der Waals surface area contributed by atoms with Gasteiger partial charge in [-0.25, -0.2) is 15.0 Å². The quantitative estimate of drug-likeness (QED) is 0.185. The molecule has 0 N–H and O–H groups in total. The Hall–Kier alpha value is -6.21. The van der Waals surface area contributed by atoms with Gasteiger partial charge in [-0.2, -0.15) is 0 Å². The SMILES string of the molecule is c1ccc(-c2nc(-c3ccccc3)nc(-c3cc(-n4c5ccccc5c5ccccc54)cc4c3sc3ccc5c6ccccc6sc5c34)n2)cc1. The van der Waals surface area contributed by atoms with Crippen LogP contribution >= 0.6 is 22.7 Å². The summed E-state index contributed by atoms with van der Waals surface area (Å²) in [6, 6.07) is 55.8. The second-order valence-electron chi connectivity index (χ2n) is 12.8. The van der Waals surface area contributed by atoms with Crippen molar-refractivity contribution < 1.29 is 0 Å². The lowest BCUT2D eigenvalue weighted by atomic mass is 10.0. The van der Waals surface area contributed by atoms with Crippen LogP contribution in [0, 0.1) is 0 Å². The molecule has 0 saturated carbocycles.